The number of hydrogen-bond donors (Lipinski definition) is 5. The maximum absolute atomic E-state index is 13.5. The van der Waals surface area contributed by atoms with Gasteiger partial charge in [-0.25, -0.2) is 4.36 Å². The van der Waals surface area contributed by atoms with E-state index in [1.807, 2.05) is 0 Å². The van der Waals surface area contributed by atoms with Crippen LogP contribution in [0.25, 0.3) is 0 Å². The molecule has 344 valence electrons. The van der Waals surface area contributed by atoms with E-state index >= 15 is 0 Å². The van der Waals surface area contributed by atoms with Crippen molar-refractivity contribution in [2.45, 2.75) is 275 Å². The number of unbranched alkanes of at least 4 members (excludes halogenated alkanes) is 33. The van der Waals surface area contributed by atoms with E-state index in [4.69, 9.17) is 9.84 Å². The molecular formula is C48H99NO7S. The Hall–Kier alpha value is -0.290. The van der Waals surface area contributed by atoms with Crippen molar-refractivity contribution in [1.82, 2.24) is 0 Å². The van der Waals surface area contributed by atoms with Crippen LogP contribution in [0.4, 0.5) is 0 Å². The van der Waals surface area contributed by atoms with Crippen LogP contribution in [0, 0.1) is 0 Å². The van der Waals surface area contributed by atoms with E-state index in [2.05, 4.69) is 18.2 Å². The molecular weight excluding hydrogens is 735 g/mol. The minimum atomic E-state index is -2.63. The fourth-order valence-corrected chi connectivity index (χ4v) is 9.45. The van der Waals surface area contributed by atoms with E-state index in [0.717, 1.165) is 38.5 Å². The summed E-state index contributed by atoms with van der Waals surface area (Å²) in [5.41, 5.74) is 0. The first-order valence-corrected chi connectivity index (χ1v) is 26.9. The first-order valence-electron chi connectivity index (χ1n) is 24.8. The minimum Gasteiger partial charge on any atom is -0.394 e. The van der Waals surface area contributed by atoms with Crippen LogP contribution in [-0.2, 0) is 14.5 Å². The van der Waals surface area contributed by atoms with E-state index in [1.165, 1.54) is 186 Å². The van der Waals surface area contributed by atoms with Crippen molar-refractivity contribution >= 4 is 9.73 Å². The topological polar surface area (TPSA) is 140 Å². The zero-order chi connectivity index (χ0) is 42.1. The second-order valence-electron chi connectivity index (χ2n) is 17.7. The van der Waals surface area contributed by atoms with Gasteiger partial charge in [0, 0.05) is 21.7 Å². The Morgan fingerprint density at radius 1 is 0.439 bits per heavy atom. The molecule has 57 heavy (non-hydrogen) atoms. The van der Waals surface area contributed by atoms with E-state index < -0.39 is 46.8 Å². The molecule has 1 unspecified atom stereocenters. The molecule has 0 bridgehead atoms. The number of hydrogen-bond acceptors (Lipinski definition) is 8. The van der Waals surface area contributed by atoms with E-state index in [-0.39, 0.29) is 13.2 Å². The first-order chi connectivity index (χ1) is 27.7. The Morgan fingerprint density at radius 3 is 1.09 bits per heavy atom. The van der Waals surface area contributed by atoms with Crippen molar-refractivity contribution in [3.05, 3.63) is 0 Å². The van der Waals surface area contributed by atoms with Crippen LogP contribution >= 0.6 is 0 Å². The van der Waals surface area contributed by atoms with Crippen molar-refractivity contribution in [3.63, 3.8) is 0 Å². The molecule has 8 nitrogen and oxygen atoms in total. The Kier molecular flexibility index (Phi) is 42.2. The first kappa shape index (κ1) is 56.7. The largest absolute Gasteiger partial charge is 0.394 e. The second kappa shape index (κ2) is 42.4. The average Bonchev–Trinajstić information content (AvgIpc) is 3.20. The normalized spacial score (nSPS) is 15.6. The molecule has 0 saturated heterocycles. The number of aliphatic hydroxyl groups excluding tert-OH is 5. The Bertz CT molecular complexity index is 930. The lowest BCUT2D eigenvalue weighted by Gasteiger charge is -2.25. The van der Waals surface area contributed by atoms with Gasteiger partial charge in [-0.2, -0.15) is 0 Å². The van der Waals surface area contributed by atoms with Crippen LogP contribution < -0.4 is 0 Å². The Labute approximate surface area is 354 Å². The summed E-state index contributed by atoms with van der Waals surface area (Å²) in [6.07, 6.45) is 42.3. The highest BCUT2D eigenvalue weighted by atomic mass is 32.2. The van der Waals surface area contributed by atoms with Gasteiger partial charge in [-0.3, -0.25) is 4.21 Å². The van der Waals surface area contributed by atoms with Crippen molar-refractivity contribution in [2.24, 2.45) is 4.36 Å². The fourth-order valence-electron chi connectivity index (χ4n) is 7.85. The summed E-state index contributed by atoms with van der Waals surface area (Å²) in [7, 11) is -2.63. The molecule has 0 heterocycles. The highest BCUT2D eigenvalue weighted by molar-refractivity contribution is 7.92. The molecule has 0 aliphatic heterocycles. The standard InChI is InChI=1S/C48H99NO7S/c1-4-6-8-10-12-14-16-18-19-20-21-22-23-24-25-26-27-28-30-32-34-36-38-40-57(3,55)49-44(42-56-43-47(53)46(52)41-50)48(54)45(51)39-37-35-33-31-29-17-15-13-11-9-7-5-2/h44-48,50-54H,4-43H2,1-3H3/t44-,45+,46-,47-,48-,57?/m0/s1. The van der Waals surface area contributed by atoms with Gasteiger partial charge in [0.15, 0.2) is 0 Å². The molecule has 0 aromatic heterocycles. The van der Waals surface area contributed by atoms with Gasteiger partial charge >= 0.3 is 0 Å². The predicted molar refractivity (Wildman–Crippen MR) is 245 cm³/mol. The van der Waals surface area contributed by atoms with Crippen LogP contribution in [0.3, 0.4) is 0 Å². The minimum absolute atomic E-state index is 0.143. The molecule has 0 aromatic carbocycles. The number of nitrogens with zero attached hydrogens (tertiary/aromatic N) is 1. The van der Waals surface area contributed by atoms with E-state index in [0.29, 0.717) is 12.2 Å². The van der Waals surface area contributed by atoms with Gasteiger partial charge in [0.2, 0.25) is 0 Å². The molecule has 0 aliphatic carbocycles. The van der Waals surface area contributed by atoms with Gasteiger partial charge in [-0.05, 0) is 12.8 Å². The van der Waals surface area contributed by atoms with Crippen LogP contribution in [-0.4, -0.2) is 92.0 Å². The molecule has 0 aliphatic rings. The van der Waals surface area contributed by atoms with E-state index in [1.54, 1.807) is 6.26 Å². The Balaban J connectivity index is 4.25. The van der Waals surface area contributed by atoms with E-state index in [9.17, 15) is 24.6 Å². The smallest absolute Gasteiger partial charge is 0.111 e. The summed E-state index contributed by atoms with van der Waals surface area (Å²) in [4.78, 5) is 0. The SMILES string of the molecule is CCCCCCCCCCCCCCCCCCCCCCCCCS(C)(=O)=N[C@@H](COC[C@H](O)[C@@H](O)CO)[C@H](O)[C@H](O)CCCCCCCCCCCCCC. The van der Waals surface area contributed by atoms with Crippen molar-refractivity contribution in [1.29, 1.82) is 0 Å². The van der Waals surface area contributed by atoms with Gasteiger partial charge in [-0.1, -0.05) is 232 Å². The van der Waals surface area contributed by atoms with Crippen LogP contribution in [0.1, 0.15) is 245 Å². The van der Waals surface area contributed by atoms with Gasteiger partial charge in [-0.15, -0.1) is 0 Å². The lowest BCUT2D eigenvalue weighted by molar-refractivity contribution is -0.0695. The molecule has 6 atom stereocenters. The lowest BCUT2D eigenvalue weighted by atomic mass is 10.00. The quantitative estimate of drug-likeness (QED) is 0.0385. The summed E-state index contributed by atoms with van der Waals surface area (Å²) in [6.45, 7) is 3.53. The zero-order valence-corrected chi connectivity index (χ0v) is 38.9. The van der Waals surface area contributed by atoms with Crippen LogP contribution in [0.15, 0.2) is 4.36 Å². The molecule has 0 fully saturated rings. The summed E-state index contributed by atoms with van der Waals surface area (Å²) >= 11 is 0. The maximum atomic E-state index is 13.5. The molecule has 0 saturated carbocycles. The average molecular weight is 834 g/mol. The second-order valence-corrected chi connectivity index (χ2v) is 20.2. The fraction of sp³-hybridized carbons (Fsp3) is 1.00. The molecule has 0 amide bonds. The highest BCUT2D eigenvalue weighted by Crippen LogP contribution is 2.19. The number of rotatable bonds is 46. The van der Waals surface area contributed by atoms with Gasteiger partial charge in [0.25, 0.3) is 0 Å². The third kappa shape index (κ3) is 38.4. The molecule has 0 spiro atoms. The highest BCUT2D eigenvalue weighted by Gasteiger charge is 2.28. The summed E-state index contributed by atoms with van der Waals surface area (Å²) in [5, 5.41) is 50.8. The summed E-state index contributed by atoms with van der Waals surface area (Å²) in [5.74, 6) is 0.427. The van der Waals surface area contributed by atoms with Gasteiger partial charge < -0.3 is 30.3 Å². The van der Waals surface area contributed by atoms with Crippen molar-refractivity contribution in [3.8, 4) is 0 Å². The van der Waals surface area contributed by atoms with Gasteiger partial charge in [0.05, 0.1) is 25.9 Å². The van der Waals surface area contributed by atoms with Crippen molar-refractivity contribution < 1.29 is 34.5 Å². The number of aliphatic hydroxyl groups is 5. The lowest BCUT2D eigenvalue weighted by Crippen LogP contribution is -2.41. The molecule has 0 radical (unpaired) electrons. The Morgan fingerprint density at radius 2 is 0.754 bits per heavy atom. The van der Waals surface area contributed by atoms with Crippen LogP contribution in [0.2, 0.25) is 0 Å². The molecule has 0 rings (SSSR count). The zero-order valence-electron chi connectivity index (χ0n) is 38.1. The maximum Gasteiger partial charge on any atom is 0.111 e. The number of ether oxygens (including phenoxy) is 1. The predicted octanol–water partition coefficient (Wildman–Crippen LogP) is 12.0. The molecule has 9 heteroatoms. The van der Waals surface area contributed by atoms with Crippen LogP contribution in [0.5, 0.6) is 0 Å². The molecule has 0 aromatic rings. The third-order valence-electron chi connectivity index (χ3n) is 11.8. The third-order valence-corrected chi connectivity index (χ3v) is 13.6. The summed E-state index contributed by atoms with van der Waals surface area (Å²) < 4.78 is 23.6. The van der Waals surface area contributed by atoms with Crippen molar-refractivity contribution in [2.75, 3.05) is 31.8 Å². The summed E-state index contributed by atoms with van der Waals surface area (Å²) in [6, 6.07) is -0.919. The van der Waals surface area contributed by atoms with Gasteiger partial charge in [0.1, 0.15) is 24.4 Å². The monoisotopic (exact) mass is 834 g/mol. The molecule has 5 N–H and O–H groups in total.